The zero-order chi connectivity index (χ0) is 7.28. The molecule has 2 amide bonds. The van der Waals surface area contributed by atoms with Gasteiger partial charge in [0, 0.05) is 13.1 Å². The summed E-state index contributed by atoms with van der Waals surface area (Å²) in [6, 6.07) is -0.570. The summed E-state index contributed by atoms with van der Waals surface area (Å²) in [4.78, 5) is 11.9. The van der Waals surface area contributed by atoms with Crippen molar-refractivity contribution in [3.05, 3.63) is 0 Å². The minimum Gasteiger partial charge on any atom is -0.324 e. The van der Waals surface area contributed by atoms with Crippen LogP contribution in [0.1, 0.15) is 20.3 Å². The molecule has 53 valence electrons. The molecule has 0 heterocycles. The van der Waals surface area contributed by atoms with Crippen molar-refractivity contribution in [3.8, 4) is 0 Å². The van der Waals surface area contributed by atoms with Crippen LogP contribution in [0, 0.1) is 0 Å². The van der Waals surface area contributed by atoms with Crippen LogP contribution in [-0.4, -0.2) is 24.0 Å². The number of hydrogen-bond donors (Lipinski definition) is 0. The van der Waals surface area contributed by atoms with Crippen molar-refractivity contribution in [1.29, 1.82) is 0 Å². The Morgan fingerprint density at radius 2 is 2.11 bits per heavy atom. The molecule has 0 aliphatic heterocycles. The first kappa shape index (κ1) is 8.27. The van der Waals surface area contributed by atoms with E-state index >= 15 is 0 Å². The highest BCUT2D eigenvalue weighted by molar-refractivity contribution is 5.70. The molecule has 0 aliphatic rings. The molecule has 0 spiro atoms. The number of rotatable bonds is 3. The number of nitrogens with one attached hydrogen (secondary N) is 1. The third-order valence-corrected chi connectivity index (χ3v) is 1.16. The molecule has 0 aromatic rings. The highest BCUT2D eigenvalue weighted by Gasteiger charge is 2.03. The molecule has 3 heteroatoms. The van der Waals surface area contributed by atoms with Gasteiger partial charge in [-0.05, 0) is 13.3 Å². The molecule has 0 rings (SSSR count). The fraction of sp³-hybridized carbons (Fsp3) is 0.833. The van der Waals surface area contributed by atoms with E-state index < -0.39 is 6.03 Å². The Labute approximate surface area is 55.8 Å². The molecule has 1 N–H and O–H groups in total. The van der Waals surface area contributed by atoms with Crippen molar-refractivity contribution < 1.29 is 4.79 Å². The largest absolute Gasteiger partial charge is 0.336 e. The number of hydrogen-bond acceptors (Lipinski definition) is 1. The van der Waals surface area contributed by atoms with Crippen molar-refractivity contribution >= 4 is 6.03 Å². The van der Waals surface area contributed by atoms with Gasteiger partial charge in [0.15, 0.2) is 0 Å². The third kappa shape index (κ3) is 2.95. The Morgan fingerprint density at radius 3 is 2.22 bits per heavy atom. The van der Waals surface area contributed by atoms with E-state index in [-0.39, 0.29) is 0 Å². The van der Waals surface area contributed by atoms with E-state index in [1.165, 1.54) is 4.90 Å². The maximum Gasteiger partial charge on any atom is 0.336 e. The molecule has 3 nitrogen and oxygen atoms in total. The Hall–Kier alpha value is -0.730. The summed E-state index contributed by atoms with van der Waals surface area (Å²) >= 11 is 0. The van der Waals surface area contributed by atoms with Crippen LogP contribution in [0.3, 0.4) is 0 Å². The monoisotopic (exact) mass is 129 g/mol. The van der Waals surface area contributed by atoms with Gasteiger partial charge in [-0.1, -0.05) is 6.92 Å². The van der Waals surface area contributed by atoms with Crippen LogP contribution in [-0.2, 0) is 0 Å². The van der Waals surface area contributed by atoms with E-state index in [0.717, 1.165) is 6.42 Å². The number of carbonyl (C=O) groups excluding carboxylic acids is 1. The van der Waals surface area contributed by atoms with Crippen LogP contribution in [0.2, 0.25) is 0 Å². The minimum atomic E-state index is -0.570. The fourth-order valence-corrected chi connectivity index (χ4v) is 0.673. The number of amides is 2. The van der Waals surface area contributed by atoms with E-state index in [0.29, 0.717) is 13.1 Å². The first-order chi connectivity index (χ1) is 4.22. The minimum absolute atomic E-state index is 0.570. The summed E-state index contributed by atoms with van der Waals surface area (Å²) in [5.41, 5.74) is 6.73. The lowest BCUT2D eigenvalue weighted by molar-refractivity contribution is 0.209. The lowest BCUT2D eigenvalue weighted by Crippen LogP contribution is -2.30. The number of carbonyl (C=O) groups is 1. The Bertz CT molecular complexity index is 93.1. The average Bonchev–Trinajstić information content (AvgIpc) is 1.82. The molecule has 0 saturated carbocycles. The molecule has 0 saturated heterocycles. The molecule has 0 aromatic heterocycles. The van der Waals surface area contributed by atoms with Gasteiger partial charge in [0.25, 0.3) is 0 Å². The fourth-order valence-electron chi connectivity index (χ4n) is 0.673. The normalized spacial score (nSPS) is 9.11. The predicted octanol–water partition coefficient (Wildman–Crippen LogP) is 1.12. The molecule has 1 radical (unpaired) electrons. The second kappa shape index (κ2) is 4.18. The predicted molar refractivity (Wildman–Crippen MR) is 36.0 cm³/mol. The topological polar surface area (TPSA) is 44.1 Å². The maximum atomic E-state index is 10.4. The molecule has 9 heavy (non-hydrogen) atoms. The van der Waals surface area contributed by atoms with Gasteiger partial charge in [-0.15, -0.1) is 0 Å². The van der Waals surface area contributed by atoms with Gasteiger partial charge in [0.1, 0.15) is 0 Å². The van der Waals surface area contributed by atoms with Gasteiger partial charge in [0.2, 0.25) is 0 Å². The quantitative estimate of drug-likeness (QED) is 0.563. The van der Waals surface area contributed by atoms with Gasteiger partial charge in [-0.3, -0.25) is 0 Å². The molecule has 0 unspecified atom stereocenters. The van der Waals surface area contributed by atoms with Crippen LogP contribution in [0.15, 0.2) is 0 Å². The van der Waals surface area contributed by atoms with E-state index in [1.807, 2.05) is 13.8 Å². The van der Waals surface area contributed by atoms with Gasteiger partial charge >= 0.3 is 6.03 Å². The highest BCUT2D eigenvalue weighted by Crippen LogP contribution is 1.89. The second-order valence-electron chi connectivity index (χ2n) is 1.88. The first-order valence-electron chi connectivity index (χ1n) is 3.22. The van der Waals surface area contributed by atoms with Crippen molar-refractivity contribution in [2.75, 3.05) is 13.1 Å². The highest BCUT2D eigenvalue weighted by atomic mass is 16.2. The van der Waals surface area contributed by atoms with E-state index in [2.05, 4.69) is 0 Å². The summed E-state index contributed by atoms with van der Waals surface area (Å²) in [6.07, 6.45) is 0.929. The van der Waals surface area contributed by atoms with Crippen LogP contribution < -0.4 is 5.73 Å². The van der Waals surface area contributed by atoms with Gasteiger partial charge < -0.3 is 4.90 Å². The number of urea groups is 1. The first-order valence-corrected chi connectivity index (χ1v) is 3.22. The van der Waals surface area contributed by atoms with Crippen LogP contribution in [0.5, 0.6) is 0 Å². The SMILES string of the molecule is CCCN(CC)C([NH])=O. The number of nitrogens with zero attached hydrogens (tertiary/aromatic N) is 1. The summed E-state index contributed by atoms with van der Waals surface area (Å²) < 4.78 is 0. The zero-order valence-electron chi connectivity index (χ0n) is 5.98. The van der Waals surface area contributed by atoms with Crippen molar-refractivity contribution in [2.24, 2.45) is 0 Å². The lowest BCUT2D eigenvalue weighted by Gasteiger charge is -2.15. The van der Waals surface area contributed by atoms with Gasteiger partial charge in [0.05, 0.1) is 0 Å². The smallest absolute Gasteiger partial charge is 0.324 e. The Morgan fingerprint density at radius 1 is 1.56 bits per heavy atom. The zero-order valence-corrected chi connectivity index (χ0v) is 5.98. The van der Waals surface area contributed by atoms with Crippen molar-refractivity contribution in [3.63, 3.8) is 0 Å². The average molecular weight is 129 g/mol. The Kier molecular flexibility index (Phi) is 3.84. The molecular formula is C6H13N2O. The van der Waals surface area contributed by atoms with Crippen LogP contribution >= 0.6 is 0 Å². The van der Waals surface area contributed by atoms with Crippen molar-refractivity contribution in [1.82, 2.24) is 10.6 Å². The Balaban J connectivity index is 3.54. The van der Waals surface area contributed by atoms with Gasteiger partial charge in [-0.25, -0.2) is 10.5 Å². The second-order valence-corrected chi connectivity index (χ2v) is 1.88. The summed E-state index contributed by atoms with van der Waals surface area (Å²) in [5, 5.41) is 0. The van der Waals surface area contributed by atoms with E-state index in [1.54, 1.807) is 0 Å². The lowest BCUT2D eigenvalue weighted by atomic mass is 10.4. The van der Waals surface area contributed by atoms with E-state index in [4.69, 9.17) is 5.73 Å². The van der Waals surface area contributed by atoms with Gasteiger partial charge in [-0.2, -0.15) is 0 Å². The molecule has 0 atom stereocenters. The third-order valence-electron chi connectivity index (χ3n) is 1.16. The van der Waals surface area contributed by atoms with E-state index in [9.17, 15) is 4.79 Å². The summed E-state index contributed by atoms with van der Waals surface area (Å²) in [6.45, 7) is 5.22. The maximum absolute atomic E-state index is 10.4. The van der Waals surface area contributed by atoms with Crippen LogP contribution in [0.25, 0.3) is 0 Å². The van der Waals surface area contributed by atoms with Crippen molar-refractivity contribution in [2.45, 2.75) is 20.3 Å². The summed E-state index contributed by atoms with van der Waals surface area (Å²) in [7, 11) is 0. The van der Waals surface area contributed by atoms with Crippen LogP contribution in [0.4, 0.5) is 4.79 Å². The molecular weight excluding hydrogens is 116 g/mol. The molecule has 0 bridgehead atoms. The molecule has 0 aromatic carbocycles. The summed E-state index contributed by atoms with van der Waals surface area (Å²) in [5.74, 6) is 0. The molecule has 0 aliphatic carbocycles. The standard InChI is InChI=1S/C6H13N2O/c1-3-5-8(4-2)6(7)9/h7H,3-5H2,1-2H3. The molecule has 0 fully saturated rings.